The molecule has 0 fully saturated rings. The normalized spacial score (nSPS) is 10.9. The zero-order chi connectivity index (χ0) is 21.3. The highest BCUT2D eigenvalue weighted by Crippen LogP contribution is 2.28. The number of halogens is 1. The van der Waals surface area contributed by atoms with Gasteiger partial charge in [-0.05, 0) is 65.2 Å². The van der Waals surface area contributed by atoms with Crippen LogP contribution in [-0.2, 0) is 13.7 Å². The van der Waals surface area contributed by atoms with Crippen LogP contribution in [0.1, 0.15) is 16.7 Å². The van der Waals surface area contributed by atoms with Crippen LogP contribution in [0.2, 0.25) is 0 Å². The average molecular weight is 405 g/mol. The van der Waals surface area contributed by atoms with Gasteiger partial charge in [0.1, 0.15) is 29.6 Å². The molecule has 0 saturated carbocycles. The molecule has 152 valence electrons. The number of hydrogen-bond donors (Lipinski definition) is 0. The maximum absolute atomic E-state index is 14.0. The number of hydrogen-bond acceptors (Lipinski definition) is 5. The van der Waals surface area contributed by atoms with Gasteiger partial charge in [0.2, 0.25) is 0 Å². The molecule has 30 heavy (non-hydrogen) atoms. The van der Waals surface area contributed by atoms with Crippen molar-refractivity contribution in [3.8, 4) is 22.7 Å². The van der Waals surface area contributed by atoms with Crippen molar-refractivity contribution in [1.82, 2.24) is 24.8 Å². The lowest BCUT2D eigenvalue weighted by Crippen LogP contribution is -2.22. The van der Waals surface area contributed by atoms with Crippen LogP contribution >= 0.6 is 0 Å². The Balaban J connectivity index is 1.62. The van der Waals surface area contributed by atoms with Gasteiger partial charge in [-0.2, -0.15) is 9.36 Å². The minimum absolute atomic E-state index is 0.281. The Bertz CT molecular complexity index is 1280. The van der Waals surface area contributed by atoms with E-state index in [9.17, 15) is 9.18 Å². The fraction of sp³-hybridized carbons (Fsp3) is 0.182. The average Bonchev–Trinajstić information content (AvgIpc) is 3.06. The third-order valence-electron chi connectivity index (χ3n) is 4.89. The fourth-order valence-corrected chi connectivity index (χ4v) is 3.21. The Labute approximate surface area is 172 Å². The molecule has 0 aliphatic rings. The van der Waals surface area contributed by atoms with E-state index in [1.54, 1.807) is 18.3 Å². The van der Waals surface area contributed by atoms with Gasteiger partial charge in [-0.15, -0.1) is 0 Å². The molecule has 0 N–H and O–H groups in total. The van der Waals surface area contributed by atoms with Crippen molar-refractivity contribution >= 4 is 0 Å². The summed E-state index contributed by atoms with van der Waals surface area (Å²) >= 11 is 0. The van der Waals surface area contributed by atoms with E-state index in [0.717, 1.165) is 21.4 Å². The molecule has 8 heteroatoms. The quantitative estimate of drug-likeness (QED) is 0.509. The molecule has 0 aliphatic heterocycles. The number of pyridine rings is 1. The molecule has 0 amide bonds. The molecule has 0 bridgehead atoms. The second kappa shape index (κ2) is 7.90. The molecule has 0 aliphatic carbocycles. The number of ether oxygens (including phenoxy) is 1. The lowest BCUT2D eigenvalue weighted by atomic mass is 10.0. The van der Waals surface area contributed by atoms with Crippen LogP contribution in [0.25, 0.3) is 16.9 Å². The molecule has 2 heterocycles. The molecule has 2 aromatic heterocycles. The van der Waals surface area contributed by atoms with Crippen molar-refractivity contribution < 1.29 is 9.13 Å². The highest BCUT2D eigenvalue weighted by Gasteiger charge is 2.15. The second-order valence-electron chi connectivity index (χ2n) is 6.98. The molecular weight excluding hydrogens is 385 g/mol. The van der Waals surface area contributed by atoms with Crippen LogP contribution in [0.5, 0.6) is 5.75 Å². The number of aryl methyl sites for hydroxylation is 3. The summed E-state index contributed by atoms with van der Waals surface area (Å²) in [4.78, 5) is 16.4. The number of nitrogens with zero attached hydrogens (tertiary/aromatic N) is 5. The predicted molar refractivity (Wildman–Crippen MR) is 110 cm³/mol. The lowest BCUT2D eigenvalue weighted by Gasteiger charge is -2.15. The van der Waals surface area contributed by atoms with Crippen LogP contribution < -0.4 is 10.4 Å². The summed E-state index contributed by atoms with van der Waals surface area (Å²) in [6.07, 6.45) is 1.57. The van der Waals surface area contributed by atoms with Crippen LogP contribution in [0.15, 0.2) is 59.5 Å². The second-order valence-corrected chi connectivity index (χ2v) is 6.98. The highest BCUT2D eigenvalue weighted by molar-refractivity contribution is 5.61. The van der Waals surface area contributed by atoms with Gasteiger partial charge in [0.15, 0.2) is 0 Å². The lowest BCUT2D eigenvalue weighted by molar-refractivity contribution is 0.301. The van der Waals surface area contributed by atoms with E-state index in [2.05, 4.69) is 15.4 Å². The van der Waals surface area contributed by atoms with Gasteiger partial charge < -0.3 is 4.74 Å². The highest BCUT2D eigenvalue weighted by atomic mass is 19.1. The Hall–Kier alpha value is -3.81. The Morgan fingerprint density at radius 3 is 2.57 bits per heavy atom. The van der Waals surface area contributed by atoms with Crippen molar-refractivity contribution in [2.45, 2.75) is 20.5 Å². The van der Waals surface area contributed by atoms with E-state index in [0.29, 0.717) is 22.7 Å². The molecule has 2 aromatic carbocycles. The van der Waals surface area contributed by atoms with Crippen molar-refractivity contribution in [3.05, 3.63) is 87.7 Å². The van der Waals surface area contributed by atoms with E-state index >= 15 is 0 Å². The minimum Gasteiger partial charge on any atom is -0.486 e. The van der Waals surface area contributed by atoms with E-state index < -0.39 is 0 Å². The number of benzene rings is 2. The summed E-state index contributed by atoms with van der Waals surface area (Å²) in [5.74, 6) is 0.194. The molecule has 4 rings (SSSR count). The minimum atomic E-state index is -0.361. The van der Waals surface area contributed by atoms with Gasteiger partial charge in [-0.25, -0.2) is 9.18 Å². The van der Waals surface area contributed by atoms with Gasteiger partial charge in [0.25, 0.3) is 0 Å². The Morgan fingerprint density at radius 1 is 1.03 bits per heavy atom. The van der Waals surface area contributed by atoms with Crippen LogP contribution in [-0.4, -0.2) is 24.8 Å². The summed E-state index contributed by atoms with van der Waals surface area (Å²) in [7, 11) is 1.54. The molecule has 0 spiro atoms. The van der Waals surface area contributed by atoms with Crippen molar-refractivity contribution in [1.29, 1.82) is 0 Å². The predicted octanol–water partition coefficient (Wildman–Crippen LogP) is 3.36. The number of para-hydroxylation sites is 1. The standard InChI is InChI=1S/C22H20FN5O2/c1-14-6-4-8-19(28-22(29)27(3)25-26-28)21(14)30-13-17-10-9-16(12-15(17)2)20-18(23)7-5-11-24-20/h4-12H,13H2,1-3H3. The zero-order valence-corrected chi connectivity index (χ0v) is 16.8. The van der Waals surface area contributed by atoms with Crippen molar-refractivity contribution in [2.24, 2.45) is 7.05 Å². The summed E-state index contributed by atoms with van der Waals surface area (Å²) in [6, 6.07) is 14.1. The third-order valence-corrected chi connectivity index (χ3v) is 4.89. The zero-order valence-electron chi connectivity index (χ0n) is 16.8. The maximum atomic E-state index is 14.0. The van der Waals surface area contributed by atoms with Crippen LogP contribution in [0.3, 0.4) is 0 Å². The van der Waals surface area contributed by atoms with Gasteiger partial charge in [0.05, 0.1) is 0 Å². The Morgan fingerprint density at radius 2 is 1.87 bits per heavy atom. The topological polar surface area (TPSA) is 74.8 Å². The Kier molecular flexibility index (Phi) is 5.14. The maximum Gasteiger partial charge on any atom is 0.368 e. The van der Waals surface area contributed by atoms with Gasteiger partial charge >= 0.3 is 5.69 Å². The van der Waals surface area contributed by atoms with Gasteiger partial charge in [-0.1, -0.05) is 24.3 Å². The van der Waals surface area contributed by atoms with Crippen LogP contribution in [0.4, 0.5) is 4.39 Å². The number of tetrazole rings is 1. The molecule has 0 saturated heterocycles. The van der Waals surface area contributed by atoms with Crippen molar-refractivity contribution in [2.75, 3.05) is 0 Å². The summed E-state index contributed by atoms with van der Waals surface area (Å²) in [5.41, 5.74) is 3.95. The number of rotatable bonds is 5. The first kappa shape index (κ1) is 19.5. The van der Waals surface area contributed by atoms with Gasteiger partial charge in [-0.3, -0.25) is 4.98 Å². The van der Waals surface area contributed by atoms with Crippen LogP contribution in [0, 0.1) is 19.7 Å². The molecule has 7 nitrogen and oxygen atoms in total. The molecule has 0 atom stereocenters. The fourth-order valence-electron chi connectivity index (χ4n) is 3.21. The summed E-state index contributed by atoms with van der Waals surface area (Å²) in [5, 5.41) is 7.67. The first-order chi connectivity index (χ1) is 14.5. The van der Waals surface area contributed by atoms with E-state index in [4.69, 9.17) is 4.74 Å². The summed E-state index contributed by atoms with van der Waals surface area (Å²) in [6.45, 7) is 4.12. The molecule has 4 aromatic rings. The van der Waals surface area contributed by atoms with E-state index in [-0.39, 0.29) is 18.1 Å². The first-order valence-electron chi connectivity index (χ1n) is 9.38. The monoisotopic (exact) mass is 405 g/mol. The molecule has 0 radical (unpaired) electrons. The number of aromatic nitrogens is 5. The van der Waals surface area contributed by atoms with Gasteiger partial charge in [0, 0.05) is 18.8 Å². The van der Waals surface area contributed by atoms with E-state index in [1.165, 1.54) is 17.8 Å². The molecular formula is C22H20FN5O2. The first-order valence-corrected chi connectivity index (χ1v) is 9.38. The largest absolute Gasteiger partial charge is 0.486 e. The smallest absolute Gasteiger partial charge is 0.368 e. The molecule has 0 unspecified atom stereocenters. The van der Waals surface area contributed by atoms with E-state index in [1.807, 2.05) is 44.2 Å². The third kappa shape index (κ3) is 3.59. The SMILES string of the molecule is Cc1cc(-c2ncccc2F)ccc1COc1c(C)cccc1-n1nnn(C)c1=O. The van der Waals surface area contributed by atoms with Crippen molar-refractivity contribution in [3.63, 3.8) is 0 Å². The summed E-state index contributed by atoms with van der Waals surface area (Å²) < 4.78 is 22.5.